The number of nitrogens with zero attached hydrogens (tertiary/aromatic N) is 1. The van der Waals surface area contributed by atoms with E-state index in [4.69, 9.17) is 10.5 Å². The SMILES string of the molecule is COc1cccc(N2CCc3ccccc3C2C(N)C(=O)O)c1. The number of fused-ring (bicyclic) bond motifs is 1. The summed E-state index contributed by atoms with van der Waals surface area (Å²) in [7, 11) is 1.62. The zero-order chi connectivity index (χ0) is 16.4. The highest BCUT2D eigenvalue weighted by atomic mass is 16.5. The first-order valence-electron chi connectivity index (χ1n) is 7.58. The molecule has 3 rings (SSSR count). The molecular weight excluding hydrogens is 292 g/mol. The van der Waals surface area contributed by atoms with Gasteiger partial charge in [-0.1, -0.05) is 30.3 Å². The molecule has 3 N–H and O–H groups in total. The number of carbonyl (C=O) groups is 1. The van der Waals surface area contributed by atoms with Crippen LogP contribution >= 0.6 is 0 Å². The van der Waals surface area contributed by atoms with Gasteiger partial charge in [0, 0.05) is 18.3 Å². The lowest BCUT2D eigenvalue weighted by atomic mass is 9.88. The highest BCUT2D eigenvalue weighted by Crippen LogP contribution is 2.36. The average molecular weight is 312 g/mol. The van der Waals surface area contributed by atoms with Gasteiger partial charge in [0.2, 0.25) is 0 Å². The van der Waals surface area contributed by atoms with Crippen molar-refractivity contribution in [2.24, 2.45) is 5.73 Å². The predicted octanol–water partition coefficient (Wildman–Crippen LogP) is 2.21. The van der Waals surface area contributed by atoms with Crippen LogP contribution in [0.3, 0.4) is 0 Å². The number of rotatable bonds is 4. The zero-order valence-corrected chi connectivity index (χ0v) is 13.0. The van der Waals surface area contributed by atoms with Gasteiger partial charge in [0.15, 0.2) is 0 Å². The third-order valence-corrected chi connectivity index (χ3v) is 4.34. The first-order chi connectivity index (χ1) is 11.1. The van der Waals surface area contributed by atoms with Gasteiger partial charge >= 0.3 is 5.97 Å². The second kappa shape index (κ2) is 6.30. The Labute approximate surface area is 135 Å². The van der Waals surface area contributed by atoms with E-state index in [1.165, 1.54) is 0 Å². The molecule has 0 aliphatic carbocycles. The first kappa shape index (κ1) is 15.4. The van der Waals surface area contributed by atoms with Crippen LogP contribution in [0.5, 0.6) is 5.75 Å². The van der Waals surface area contributed by atoms with Gasteiger partial charge in [-0.2, -0.15) is 0 Å². The Balaban J connectivity index is 2.06. The molecule has 5 nitrogen and oxygen atoms in total. The molecule has 0 saturated heterocycles. The third-order valence-electron chi connectivity index (χ3n) is 4.34. The molecule has 0 radical (unpaired) electrons. The van der Waals surface area contributed by atoms with E-state index in [9.17, 15) is 9.90 Å². The lowest BCUT2D eigenvalue weighted by Crippen LogP contribution is -2.49. The van der Waals surface area contributed by atoms with Gasteiger partial charge in [-0.3, -0.25) is 4.79 Å². The summed E-state index contributed by atoms with van der Waals surface area (Å²) < 4.78 is 5.28. The van der Waals surface area contributed by atoms with Crippen LogP contribution in [0.15, 0.2) is 48.5 Å². The quantitative estimate of drug-likeness (QED) is 0.905. The van der Waals surface area contributed by atoms with Crippen LogP contribution in [0.1, 0.15) is 17.2 Å². The van der Waals surface area contributed by atoms with E-state index in [0.717, 1.165) is 35.5 Å². The Morgan fingerprint density at radius 1 is 1.30 bits per heavy atom. The molecule has 2 aromatic rings. The normalized spacial score (nSPS) is 18.2. The van der Waals surface area contributed by atoms with E-state index in [1.54, 1.807) is 7.11 Å². The number of hydrogen-bond acceptors (Lipinski definition) is 4. The lowest BCUT2D eigenvalue weighted by molar-refractivity contribution is -0.139. The minimum atomic E-state index is -1.00. The summed E-state index contributed by atoms with van der Waals surface area (Å²) in [5, 5.41) is 9.45. The summed E-state index contributed by atoms with van der Waals surface area (Å²) in [5.41, 5.74) is 9.09. The van der Waals surface area contributed by atoms with E-state index in [-0.39, 0.29) is 0 Å². The minimum Gasteiger partial charge on any atom is -0.497 e. The van der Waals surface area contributed by atoms with Crippen molar-refractivity contribution in [1.82, 2.24) is 0 Å². The number of nitrogens with two attached hydrogens (primary N) is 1. The average Bonchev–Trinajstić information content (AvgIpc) is 2.60. The van der Waals surface area contributed by atoms with Gasteiger partial charge in [0.05, 0.1) is 13.2 Å². The Bertz CT molecular complexity index is 717. The van der Waals surface area contributed by atoms with Crippen LogP contribution in [0.25, 0.3) is 0 Å². The lowest BCUT2D eigenvalue weighted by Gasteiger charge is -2.40. The summed E-state index contributed by atoms with van der Waals surface area (Å²) in [4.78, 5) is 13.6. The van der Waals surface area contributed by atoms with Crippen molar-refractivity contribution in [3.05, 3.63) is 59.7 Å². The molecule has 0 bridgehead atoms. The van der Waals surface area contributed by atoms with E-state index in [0.29, 0.717) is 0 Å². The summed E-state index contributed by atoms with van der Waals surface area (Å²) in [6.07, 6.45) is 0.857. The minimum absolute atomic E-state index is 0.399. The van der Waals surface area contributed by atoms with Crippen molar-refractivity contribution in [2.75, 3.05) is 18.6 Å². The maximum atomic E-state index is 11.5. The Kier molecular flexibility index (Phi) is 4.21. The number of benzene rings is 2. The molecule has 120 valence electrons. The summed E-state index contributed by atoms with van der Waals surface area (Å²) >= 11 is 0. The number of anilines is 1. The van der Waals surface area contributed by atoms with Gasteiger partial charge < -0.3 is 20.5 Å². The van der Waals surface area contributed by atoms with E-state index < -0.39 is 18.1 Å². The van der Waals surface area contributed by atoms with E-state index in [1.807, 2.05) is 48.5 Å². The van der Waals surface area contributed by atoms with Crippen LogP contribution in [0.4, 0.5) is 5.69 Å². The van der Waals surface area contributed by atoms with Crippen LogP contribution in [0.2, 0.25) is 0 Å². The van der Waals surface area contributed by atoms with Crippen molar-refractivity contribution < 1.29 is 14.6 Å². The summed E-state index contributed by atoms with van der Waals surface area (Å²) in [6.45, 7) is 0.718. The zero-order valence-electron chi connectivity index (χ0n) is 13.0. The largest absolute Gasteiger partial charge is 0.497 e. The molecular formula is C18H20N2O3. The fourth-order valence-electron chi connectivity index (χ4n) is 3.20. The molecule has 2 aromatic carbocycles. The maximum absolute atomic E-state index is 11.5. The highest BCUT2D eigenvalue weighted by molar-refractivity contribution is 5.76. The Morgan fingerprint density at radius 2 is 2.09 bits per heavy atom. The molecule has 0 aromatic heterocycles. The molecule has 2 atom stereocenters. The van der Waals surface area contributed by atoms with Crippen LogP contribution < -0.4 is 15.4 Å². The molecule has 1 aliphatic heterocycles. The van der Waals surface area contributed by atoms with Crippen molar-refractivity contribution in [3.63, 3.8) is 0 Å². The topological polar surface area (TPSA) is 75.8 Å². The number of aliphatic carboxylic acids is 1. The van der Waals surface area contributed by atoms with Crippen LogP contribution in [-0.4, -0.2) is 30.8 Å². The van der Waals surface area contributed by atoms with Crippen molar-refractivity contribution in [1.29, 1.82) is 0 Å². The molecule has 1 aliphatic rings. The summed E-state index contributed by atoms with van der Waals surface area (Å²) in [6, 6.07) is 14.2. The van der Waals surface area contributed by atoms with Crippen LogP contribution in [-0.2, 0) is 11.2 Å². The van der Waals surface area contributed by atoms with E-state index in [2.05, 4.69) is 4.90 Å². The molecule has 0 amide bonds. The predicted molar refractivity (Wildman–Crippen MR) is 88.8 cm³/mol. The van der Waals surface area contributed by atoms with Gasteiger partial charge in [0.1, 0.15) is 11.8 Å². The number of methoxy groups -OCH3 is 1. The van der Waals surface area contributed by atoms with Crippen molar-refractivity contribution >= 4 is 11.7 Å². The first-order valence-corrected chi connectivity index (χ1v) is 7.58. The number of carboxylic acid groups (broad SMARTS) is 1. The Hall–Kier alpha value is -2.53. The number of carboxylic acids is 1. The van der Waals surface area contributed by atoms with Crippen LogP contribution in [0, 0.1) is 0 Å². The summed E-state index contributed by atoms with van der Waals surface area (Å²) in [5.74, 6) is -0.261. The number of hydrogen-bond donors (Lipinski definition) is 2. The maximum Gasteiger partial charge on any atom is 0.322 e. The van der Waals surface area contributed by atoms with Gasteiger partial charge in [-0.15, -0.1) is 0 Å². The molecule has 2 unspecified atom stereocenters. The molecule has 0 spiro atoms. The van der Waals surface area contributed by atoms with Gasteiger partial charge in [-0.05, 0) is 29.7 Å². The molecule has 1 heterocycles. The highest BCUT2D eigenvalue weighted by Gasteiger charge is 2.35. The molecule has 23 heavy (non-hydrogen) atoms. The second-order valence-corrected chi connectivity index (χ2v) is 5.65. The fraction of sp³-hybridized carbons (Fsp3) is 0.278. The van der Waals surface area contributed by atoms with Gasteiger partial charge in [-0.25, -0.2) is 0 Å². The van der Waals surface area contributed by atoms with Gasteiger partial charge in [0.25, 0.3) is 0 Å². The monoisotopic (exact) mass is 312 g/mol. The third kappa shape index (κ3) is 2.87. The Morgan fingerprint density at radius 3 is 2.83 bits per heavy atom. The van der Waals surface area contributed by atoms with Crippen molar-refractivity contribution in [2.45, 2.75) is 18.5 Å². The second-order valence-electron chi connectivity index (χ2n) is 5.65. The fourth-order valence-corrected chi connectivity index (χ4v) is 3.20. The molecule has 0 saturated carbocycles. The molecule has 0 fully saturated rings. The standard InChI is InChI=1S/C18H20N2O3/c1-23-14-7-4-6-13(11-14)20-10-9-12-5-2-3-8-15(12)17(20)16(19)18(21)22/h2-8,11,16-17H,9-10,19H2,1H3,(H,21,22). The van der Waals surface area contributed by atoms with E-state index >= 15 is 0 Å². The molecule has 5 heteroatoms. The smallest absolute Gasteiger partial charge is 0.322 e. The van der Waals surface area contributed by atoms with Crippen molar-refractivity contribution in [3.8, 4) is 5.75 Å². The number of ether oxygens (including phenoxy) is 1.